The van der Waals surface area contributed by atoms with Crippen molar-refractivity contribution in [2.75, 3.05) is 20.8 Å². The van der Waals surface area contributed by atoms with Crippen molar-refractivity contribution in [2.24, 2.45) is 5.10 Å². The van der Waals surface area contributed by atoms with Crippen molar-refractivity contribution in [3.8, 4) is 17.2 Å². The Balaban J connectivity index is 1.36. The predicted molar refractivity (Wildman–Crippen MR) is 129 cm³/mol. The first-order valence-electron chi connectivity index (χ1n) is 10.7. The fourth-order valence-electron chi connectivity index (χ4n) is 2.91. The summed E-state index contributed by atoms with van der Waals surface area (Å²) in [6, 6.07) is 21.8. The molecule has 0 saturated heterocycles. The number of nitrogens with zero attached hydrogens (tertiary/aromatic N) is 1. The molecule has 0 fully saturated rings. The Morgan fingerprint density at radius 3 is 2.03 bits per heavy atom. The van der Waals surface area contributed by atoms with Crippen LogP contribution >= 0.6 is 0 Å². The monoisotopic (exact) mass is 461 g/mol. The zero-order chi connectivity index (χ0) is 24.2. The van der Waals surface area contributed by atoms with Crippen LogP contribution in [0.4, 0.5) is 0 Å². The SMILES string of the molecule is COc1ccc(COc2ccc(C=NNC(=O)CCNC(=O)c3ccc(OC)cc3)cc2)cc1. The first-order chi connectivity index (χ1) is 16.6. The van der Waals surface area contributed by atoms with Gasteiger partial charge in [0.05, 0.1) is 20.4 Å². The summed E-state index contributed by atoms with van der Waals surface area (Å²) in [4.78, 5) is 24.0. The van der Waals surface area contributed by atoms with E-state index < -0.39 is 0 Å². The molecule has 34 heavy (non-hydrogen) atoms. The van der Waals surface area contributed by atoms with Crippen LogP contribution in [-0.4, -0.2) is 38.8 Å². The van der Waals surface area contributed by atoms with Crippen molar-refractivity contribution in [1.82, 2.24) is 10.7 Å². The number of benzene rings is 3. The van der Waals surface area contributed by atoms with Gasteiger partial charge in [-0.15, -0.1) is 0 Å². The summed E-state index contributed by atoms with van der Waals surface area (Å²) >= 11 is 0. The molecule has 2 amide bonds. The van der Waals surface area contributed by atoms with Gasteiger partial charge in [-0.2, -0.15) is 5.10 Å². The van der Waals surface area contributed by atoms with Crippen LogP contribution in [0, 0.1) is 0 Å². The van der Waals surface area contributed by atoms with E-state index in [4.69, 9.17) is 14.2 Å². The van der Waals surface area contributed by atoms with Gasteiger partial charge in [0.15, 0.2) is 0 Å². The van der Waals surface area contributed by atoms with Gasteiger partial charge in [0.25, 0.3) is 5.91 Å². The highest BCUT2D eigenvalue weighted by molar-refractivity contribution is 5.94. The Bertz CT molecular complexity index is 1090. The van der Waals surface area contributed by atoms with Crippen LogP contribution in [-0.2, 0) is 11.4 Å². The maximum Gasteiger partial charge on any atom is 0.251 e. The Kier molecular flexibility index (Phi) is 9.04. The van der Waals surface area contributed by atoms with Crippen LogP contribution in [0.15, 0.2) is 77.9 Å². The number of rotatable bonds is 11. The number of carbonyl (C=O) groups is 2. The van der Waals surface area contributed by atoms with Crippen LogP contribution in [0.1, 0.15) is 27.9 Å². The van der Waals surface area contributed by atoms with Crippen molar-refractivity contribution < 1.29 is 23.8 Å². The second-order valence-corrected chi connectivity index (χ2v) is 7.23. The Hall–Kier alpha value is -4.33. The van der Waals surface area contributed by atoms with Crippen LogP contribution in [0.2, 0.25) is 0 Å². The van der Waals surface area contributed by atoms with Gasteiger partial charge in [-0.3, -0.25) is 9.59 Å². The number of hydrogen-bond donors (Lipinski definition) is 2. The van der Waals surface area contributed by atoms with Crippen molar-refractivity contribution in [3.63, 3.8) is 0 Å². The Morgan fingerprint density at radius 2 is 1.41 bits per heavy atom. The zero-order valence-electron chi connectivity index (χ0n) is 19.1. The second-order valence-electron chi connectivity index (χ2n) is 7.23. The number of hydrogen-bond acceptors (Lipinski definition) is 6. The molecule has 0 bridgehead atoms. The predicted octanol–water partition coefficient (Wildman–Crippen LogP) is 3.55. The topological polar surface area (TPSA) is 98.3 Å². The summed E-state index contributed by atoms with van der Waals surface area (Å²) < 4.78 is 16.0. The van der Waals surface area contributed by atoms with Crippen LogP contribution in [0.5, 0.6) is 17.2 Å². The molecule has 0 aromatic heterocycles. The fraction of sp³-hybridized carbons (Fsp3) is 0.192. The summed E-state index contributed by atoms with van der Waals surface area (Å²) in [6.45, 7) is 0.648. The molecule has 8 heteroatoms. The van der Waals surface area contributed by atoms with E-state index >= 15 is 0 Å². The summed E-state index contributed by atoms with van der Waals surface area (Å²) in [6.07, 6.45) is 1.65. The molecule has 0 saturated carbocycles. The first kappa shape index (κ1) is 24.3. The quantitative estimate of drug-likeness (QED) is 0.336. The maximum atomic E-state index is 12.1. The molecule has 0 aliphatic heterocycles. The fourth-order valence-corrected chi connectivity index (χ4v) is 2.91. The van der Waals surface area contributed by atoms with E-state index in [1.54, 1.807) is 44.7 Å². The van der Waals surface area contributed by atoms with Gasteiger partial charge in [0.2, 0.25) is 5.91 Å². The maximum absolute atomic E-state index is 12.1. The smallest absolute Gasteiger partial charge is 0.251 e. The highest BCUT2D eigenvalue weighted by Crippen LogP contribution is 2.16. The van der Waals surface area contributed by atoms with E-state index in [2.05, 4.69) is 15.8 Å². The minimum atomic E-state index is -0.300. The third-order valence-electron chi connectivity index (χ3n) is 4.84. The van der Waals surface area contributed by atoms with Crippen molar-refractivity contribution in [1.29, 1.82) is 0 Å². The lowest BCUT2D eigenvalue weighted by molar-refractivity contribution is -0.120. The van der Waals surface area contributed by atoms with Gasteiger partial charge in [-0.25, -0.2) is 5.43 Å². The third-order valence-corrected chi connectivity index (χ3v) is 4.84. The Labute approximate surface area is 198 Å². The van der Waals surface area contributed by atoms with Crippen LogP contribution < -0.4 is 25.0 Å². The van der Waals surface area contributed by atoms with Gasteiger partial charge in [0.1, 0.15) is 23.9 Å². The van der Waals surface area contributed by atoms with Crippen molar-refractivity contribution in [2.45, 2.75) is 13.0 Å². The van der Waals surface area contributed by atoms with E-state index in [0.717, 1.165) is 22.6 Å². The Morgan fingerprint density at radius 1 is 0.824 bits per heavy atom. The third kappa shape index (κ3) is 7.67. The molecule has 0 heterocycles. The summed E-state index contributed by atoms with van der Waals surface area (Å²) in [5, 5.41) is 6.65. The average molecular weight is 462 g/mol. The molecule has 3 rings (SSSR count). The minimum absolute atomic E-state index is 0.109. The van der Waals surface area contributed by atoms with Gasteiger partial charge in [0, 0.05) is 18.5 Å². The highest BCUT2D eigenvalue weighted by Gasteiger charge is 2.06. The lowest BCUT2D eigenvalue weighted by Crippen LogP contribution is -2.29. The molecule has 3 aromatic carbocycles. The zero-order valence-corrected chi connectivity index (χ0v) is 19.1. The van der Waals surface area contributed by atoms with E-state index in [-0.39, 0.29) is 24.8 Å². The molecular formula is C26H27N3O5. The normalized spacial score (nSPS) is 10.5. The first-order valence-corrected chi connectivity index (χ1v) is 10.7. The highest BCUT2D eigenvalue weighted by atomic mass is 16.5. The molecule has 0 atom stereocenters. The number of ether oxygens (including phenoxy) is 3. The van der Waals surface area contributed by atoms with Crippen molar-refractivity contribution in [3.05, 3.63) is 89.5 Å². The molecule has 0 radical (unpaired) electrons. The number of carbonyl (C=O) groups excluding carboxylic acids is 2. The molecule has 0 spiro atoms. The number of hydrazone groups is 1. The van der Waals surface area contributed by atoms with Gasteiger partial charge in [-0.1, -0.05) is 12.1 Å². The standard InChI is InChI=1S/C26H27N3O5/c1-32-22-9-5-20(6-10-22)18-34-24-11-3-19(4-12-24)17-28-29-25(30)15-16-27-26(31)21-7-13-23(33-2)14-8-21/h3-14,17H,15-16,18H2,1-2H3,(H,27,31)(H,29,30). The van der Waals surface area contributed by atoms with Gasteiger partial charge in [-0.05, 0) is 71.8 Å². The number of amides is 2. The molecule has 8 nitrogen and oxygen atoms in total. The second kappa shape index (κ2) is 12.6. The molecule has 0 aliphatic rings. The summed E-state index contributed by atoms with van der Waals surface area (Å²) in [5.41, 5.74) is 4.79. The molecule has 0 aliphatic carbocycles. The van der Waals surface area contributed by atoms with E-state index in [0.29, 0.717) is 17.9 Å². The van der Waals surface area contributed by atoms with Crippen LogP contribution in [0.25, 0.3) is 0 Å². The largest absolute Gasteiger partial charge is 0.497 e. The molecular weight excluding hydrogens is 434 g/mol. The molecule has 2 N–H and O–H groups in total. The van der Waals surface area contributed by atoms with Crippen LogP contribution in [0.3, 0.4) is 0 Å². The van der Waals surface area contributed by atoms with E-state index in [1.165, 1.54) is 0 Å². The summed E-state index contributed by atoms with van der Waals surface area (Å²) in [7, 11) is 3.19. The number of nitrogens with one attached hydrogen (secondary N) is 2. The summed E-state index contributed by atoms with van der Waals surface area (Å²) in [5.74, 6) is 1.64. The molecule has 176 valence electrons. The van der Waals surface area contributed by atoms with E-state index in [1.807, 2.05) is 48.5 Å². The lowest BCUT2D eigenvalue weighted by Gasteiger charge is -2.07. The van der Waals surface area contributed by atoms with Crippen molar-refractivity contribution >= 4 is 18.0 Å². The lowest BCUT2D eigenvalue weighted by atomic mass is 10.2. The number of methoxy groups -OCH3 is 2. The molecule has 3 aromatic rings. The van der Waals surface area contributed by atoms with E-state index in [9.17, 15) is 9.59 Å². The minimum Gasteiger partial charge on any atom is -0.497 e. The van der Waals surface area contributed by atoms with Gasteiger partial charge < -0.3 is 19.5 Å². The molecule has 0 unspecified atom stereocenters. The van der Waals surface area contributed by atoms with Gasteiger partial charge >= 0.3 is 0 Å². The average Bonchev–Trinajstić information content (AvgIpc) is 2.88.